The van der Waals surface area contributed by atoms with Crippen LogP contribution in [-0.4, -0.2) is 28.3 Å². The first-order chi connectivity index (χ1) is 5.86. The fraction of sp³-hybridized carbons (Fsp3) is 0.444. The molecule has 0 fully saturated rings. The van der Waals surface area contributed by atoms with E-state index in [1.807, 2.05) is 30.0 Å². The predicted molar refractivity (Wildman–Crippen MR) is 47.4 cm³/mol. The van der Waals surface area contributed by atoms with E-state index in [9.17, 15) is 0 Å². The van der Waals surface area contributed by atoms with Crippen LogP contribution < -0.4 is 0 Å². The average molecular weight is 166 g/mol. The molecule has 0 bridgehead atoms. The Kier molecular flexibility index (Phi) is 3.70. The molecule has 3 heteroatoms. The van der Waals surface area contributed by atoms with Crippen LogP contribution in [0.5, 0.6) is 0 Å². The molecule has 0 amide bonds. The van der Waals surface area contributed by atoms with Gasteiger partial charge in [-0.25, -0.2) is 0 Å². The van der Waals surface area contributed by atoms with Crippen LogP contribution in [0.15, 0.2) is 24.4 Å². The number of aliphatic hydroxyl groups excluding tert-OH is 1. The molecule has 0 saturated carbocycles. The third-order valence-electron chi connectivity index (χ3n) is 1.76. The van der Waals surface area contributed by atoms with Crippen molar-refractivity contribution in [1.82, 2.24) is 9.88 Å². The van der Waals surface area contributed by atoms with E-state index in [0.717, 1.165) is 12.2 Å². The highest BCUT2D eigenvalue weighted by molar-refractivity contribution is 5.02. The summed E-state index contributed by atoms with van der Waals surface area (Å²) in [5, 5.41) is 8.89. The molecule has 0 aliphatic carbocycles. The monoisotopic (exact) mass is 166 g/mol. The van der Waals surface area contributed by atoms with Crippen LogP contribution in [0.2, 0.25) is 0 Å². The highest BCUT2D eigenvalue weighted by Gasteiger charge is 2.00. The van der Waals surface area contributed by atoms with Crippen molar-refractivity contribution < 1.29 is 5.11 Å². The minimum absolute atomic E-state index is 0.0904. The standard InChI is InChI=1S/C9H14N2O/c1-2-11(8-12)7-9-5-3-4-6-10-9/h3-6,12H,2,7-8H2,1H3. The largest absolute Gasteiger partial charge is 0.381 e. The van der Waals surface area contributed by atoms with Crippen molar-refractivity contribution in [1.29, 1.82) is 0 Å². The normalized spacial score (nSPS) is 10.6. The second-order valence-corrected chi connectivity index (χ2v) is 2.61. The number of hydrogen-bond acceptors (Lipinski definition) is 3. The Labute approximate surface area is 72.7 Å². The highest BCUT2D eigenvalue weighted by atomic mass is 16.3. The summed E-state index contributed by atoms with van der Waals surface area (Å²) in [4.78, 5) is 6.07. The van der Waals surface area contributed by atoms with Crippen LogP contribution in [0.4, 0.5) is 0 Å². The molecule has 3 nitrogen and oxygen atoms in total. The van der Waals surface area contributed by atoms with Crippen molar-refractivity contribution >= 4 is 0 Å². The summed E-state index contributed by atoms with van der Waals surface area (Å²) in [5.74, 6) is 0. The lowest BCUT2D eigenvalue weighted by Gasteiger charge is -2.15. The van der Waals surface area contributed by atoms with Crippen LogP contribution in [-0.2, 0) is 6.54 Å². The summed E-state index contributed by atoms with van der Waals surface area (Å²) in [7, 11) is 0. The second-order valence-electron chi connectivity index (χ2n) is 2.61. The van der Waals surface area contributed by atoms with E-state index in [1.165, 1.54) is 0 Å². The van der Waals surface area contributed by atoms with E-state index in [0.29, 0.717) is 6.54 Å². The third-order valence-corrected chi connectivity index (χ3v) is 1.76. The molecule has 0 saturated heterocycles. The fourth-order valence-electron chi connectivity index (χ4n) is 0.983. The van der Waals surface area contributed by atoms with Crippen molar-refractivity contribution in [3.05, 3.63) is 30.1 Å². The van der Waals surface area contributed by atoms with E-state index >= 15 is 0 Å². The maximum absolute atomic E-state index is 8.89. The van der Waals surface area contributed by atoms with E-state index in [1.54, 1.807) is 6.20 Å². The fourth-order valence-corrected chi connectivity index (χ4v) is 0.983. The number of aromatic nitrogens is 1. The van der Waals surface area contributed by atoms with Gasteiger partial charge < -0.3 is 5.11 Å². The number of pyridine rings is 1. The molecule has 0 aliphatic heterocycles. The molecule has 0 aliphatic rings. The Bertz CT molecular complexity index is 209. The quantitative estimate of drug-likeness (QED) is 0.674. The third kappa shape index (κ3) is 2.60. The zero-order valence-electron chi connectivity index (χ0n) is 7.27. The molecule has 1 rings (SSSR count). The number of nitrogens with zero attached hydrogens (tertiary/aromatic N) is 2. The van der Waals surface area contributed by atoms with Gasteiger partial charge in [0.15, 0.2) is 0 Å². The molecular weight excluding hydrogens is 152 g/mol. The van der Waals surface area contributed by atoms with Crippen LogP contribution in [0.1, 0.15) is 12.6 Å². The first-order valence-corrected chi connectivity index (χ1v) is 4.10. The zero-order chi connectivity index (χ0) is 8.81. The van der Waals surface area contributed by atoms with Crippen molar-refractivity contribution in [2.75, 3.05) is 13.3 Å². The van der Waals surface area contributed by atoms with Gasteiger partial charge in [-0.15, -0.1) is 0 Å². The minimum atomic E-state index is 0.0904. The number of rotatable bonds is 4. The summed E-state index contributed by atoms with van der Waals surface area (Å²) in [6.45, 7) is 3.66. The Hall–Kier alpha value is -0.930. The molecule has 1 aromatic rings. The van der Waals surface area contributed by atoms with Crippen molar-refractivity contribution in [2.45, 2.75) is 13.5 Å². The second kappa shape index (κ2) is 4.85. The lowest BCUT2D eigenvalue weighted by atomic mass is 10.3. The molecule has 0 radical (unpaired) electrons. The molecule has 1 aromatic heterocycles. The molecular formula is C9H14N2O. The van der Waals surface area contributed by atoms with Crippen LogP contribution in [0.25, 0.3) is 0 Å². The average Bonchev–Trinajstić information content (AvgIpc) is 2.16. The minimum Gasteiger partial charge on any atom is -0.381 e. The van der Waals surface area contributed by atoms with Crippen molar-refractivity contribution in [3.8, 4) is 0 Å². The van der Waals surface area contributed by atoms with E-state index in [4.69, 9.17) is 5.11 Å². The Morgan fingerprint density at radius 3 is 2.83 bits per heavy atom. The van der Waals surface area contributed by atoms with Crippen LogP contribution >= 0.6 is 0 Å². The molecule has 66 valence electrons. The maximum atomic E-state index is 8.89. The van der Waals surface area contributed by atoms with E-state index in [-0.39, 0.29) is 6.73 Å². The first-order valence-electron chi connectivity index (χ1n) is 4.10. The Morgan fingerprint density at radius 2 is 2.33 bits per heavy atom. The maximum Gasteiger partial charge on any atom is 0.0959 e. The summed E-state index contributed by atoms with van der Waals surface area (Å²) < 4.78 is 0. The molecule has 1 N–H and O–H groups in total. The van der Waals surface area contributed by atoms with Gasteiger partial charge in [-0.2, -0.15) is 0 Å². The summed E-state index contributed by atoms with van der Waals surface area (Å²) in [6.07, 6.45) is 1.76. The van der Waals surface area contributed by atoms with Crippen LogP contribution in [0, 0.1) is 0 Å². The van der Waals surface area contributed by atoms with Gasteiger partial charge in [0.1, 0.15) is 0 Å². The van der Waals surface area contributed by atoms with Gasteiger partial charge in [0.25, 0.3) is 0 Å². The summed E-state index contributed by atoms with van der Waals surface area (Å²) in [5.41, 5.74) is 0.994. The van der Waals surface area contributed by atoms with Crippen molar-refractivity contribution in [2.24, 2.45) is 0 Å². The Morgan fingerprint density at radius 1 is 1.50 bits per heavy atom. The highest BCUT2D eigenvalue weighted by Crippen LogP contribution is 1.98. The predicted octanol–water partition coefficient (Wildman–Crippen LogP) is 0.853. The van der Waals surface area contributed by atoms with Gasteiger partial charge >= 0.3 is 0 Å². The molecule has 1 heterocycles. The van der Waals surface area contributed by atoms with Gasteiger partial charge in [-0.3, -0.25) is 9.88 Å². The molecule has 0 aromatic carbocycles. The van der Waals surface area contributed by atoms with Gasteiger partial charge in [0, 0.05) is 12.7 Å². The molecule has 12 heavy (non-hydrogen) atoms. The molecule has 0 unspecified atom stereocenters. The molecule has 0 atom stereocenters. The zero-order valence-corrected chi connectivity index (χ0v) is 7.27. The number of aliphatic hydroxyl groups is 1. The molecule has 0 spiro atoms. The van der Waals surface area contributed by atoms with Gasteiger partial charge in [-0.1, -0.05) is 13.0 Å². The van der Waals surface area contributed by atoms with E-state index in [2.05, 4.69) is 4.98 Å². The SMILES string of the molecule is CCN(CO)Cc1ccccn1. The van der Waals surface area contributed by atoms with Crippen molar-refractivity contribution in [3.63, 3.8) is 0 Å². The van der Waals surface area contributed by atoms with Gasteiger partial charge in [0.2, 0.25) is 0 Å². The summed E-state index contributed by atoms with van der Waals surface area (Å²) in [6, 6.07) is 5.80. The smallest absolute Gasteiger partial charge is 0.0959 e. The van der Waals surface area contributed by atoms with Gasteiger partial charge in [0.05, 0.1) is 12.4 Å². The van der Waals surface area contributed by atoms with E-state index < -0.39 is 0 Å². The first kappa shape index (κ1) is 9.16. The van der Waals surface area contributed by atoms with Gasteiger partial charge in [-0.05, 0) is 18.7 Å². The Balaban J connectivity index is 2.51. The summed E-state index contributed by atoms with van der Waals surface area (Å²) >= 11 is 0. The lowest BCUT2D eigenvalue weighted by Crippen LogP contribution is -2.24. The van der Waals surface area contributed by atoms with Crippen LogP contribution in [0.3, 0.4) is 0 Å². The topological polar surface area (TPSA) is 36.4 Å². The lowest BCUT2D eigenvalue weighted by molar-refractivity contribution is 0.105. The number of hydrogen-bond donors (Lipinski definition) is 1.